The van der Waals surface area contributed by atoms with Crippen molar-refractivity contribution in [2.75, 3.05) is 20.8 Å². The van der Waals surface area contributed by atoms with Gasteiger partial charge in [-0.05, 0) is 47.4 Å². The number of rotatable bonds is 3. The Labute approximate surface area is 123 Å². The van der Waals surface area contributed by atoms with Crippen LogP contribution in [0.3, 0.4) is 0 Å². The van der Waals surface area contributed by atoms with Crippen LogP contribution in [-0.4, -0.2) is 20.8 Å². The van der Waals surface area contributed by atoms with Gasteiger partial charge in [-0.2, -0.15) is 0 Å². The molecule has 0 radical (unpaired) electrons. The molecule has 3 rings (SSSR count). The zero-order valence-corrected chi connectivity index (χ0v) is 12.2. The fourth-order valence-corrected chi connectivity index (χ4v) is 2.87. The van der Waals surface area contributed by atoms with Crippen molar-refractivity contribution in [2.24, 2.45) is 0 Å². The summed E-state index contributed by atoms with van der Waals surface area (Å²) in [5.74, 6) is 1.21. The van der Waals surface area contributed by atoms with E-state index < -0.39 is 0 Å². The lowest BCUT2D eigenvalue weighted by Crippen LogP contribution is -2.30. The van der Waals surface area contributed by atoms with E-state index >= 15 is 0 Å². The lowest BCUT2D eigenvalue weighted by molar-refractivity contribution is 0.353. The van der Waals surface area contributed by atoms with Crippen molar-refractivity contribution in [2.45, 2.75) is 12.5 Å². The van der Waals surface area contributed by atoms with Gasteiger partial charge in [-0.3, -0.25) is 0 Å². The summed E-state index contributed by atoms with van der Waals surface area (Å²) in [5, 5.41) is 3.44. The minimum atomic E-state index is -0.220. The van der Waals surface area contributed by atoms with Crippen molar-refractivity contribution >= 4 is 0 Å². The molecule has 2 aromatic rings. The van der Waals surface area contributed by atoms with Crippen LogP contribution in [0.1, 0.15) is 22.7 Å². The highest BCUT2D eigenvalue weighted by atomic mass is 19.1. The second kappa shape index (κ2) is 5.74. The fourth-order valence-electron chi connectivity index (χ4n) is 2.87. The molecule has 1 N–H and O–H groups in total. The van der Waals surface area contributed by atoms with Gasteiger partial charge in [0.25, 0.3) is 0 Å². The highest BCUT2D eigenvalue weighted by Gasteiger charge is 2.24. The Morgan fingerprint density at radius 2 is 1.86 bits per heavy atom. The Balaban J connectivity index is 2.09. The zero-order chi connectivity index (χ0) is 14.8. The van der Waals surface area contributed by atoms with Crippen LogP contribution in [0.25, 0.3) is 0 Å². The van der Waals surface area contributed by atoms with Crippen LogP contribution in [0.15, 0.2) is 36.4 Å². The van der Waals surface area contributed by atoms with E-state index in [0.29, 0.717) is 5.75 Å². The number of nitrogens with one attached hydrogen (secondary N) is 1. The van der Waals surface area contributed by atoms with Crippen molar-refractivity contribution in [3.8, 4) is 11.5 Å². The predicted octanol–water partition coefficient (Wildman–Crippen LogP) is 3.08. The van der Waals surface area contributed by atoms with Gasteiger partial charge < -0.3 is 14.8 Å². The quantitative estimate of drug-likeness (QED) is 0.941. The van der Waals surface area contributed by atoms with Gasteiger partial charge in [0.2, 0.25) is 0 Å². The van der Waals surface area contributed by atoms with Crippen LogP contribution >= 0.6 is 0 Å². The zero-order valence-electron chi connectivity index (χ0n) is 12.2. The minimum absolute atomic E-state index is 0.0238. The molecule has 1 aliphatic heterocycles. The molecule has 4 heteroatoms. The molecule has 3 nitrogen and oxygen atoms in total. The molecule has 0 saturated heterocycles. The van der Waals surface area contributed by atoms with Crippen molar-refractivity contribution in [3.63, 3.8) is 0 Å². The van der Waals surface area contributed by atoms with E-state index in [9.17, 15) is 4.39 Å². The summed E-state index contributed by atoms with van der Waals surface area (Å²) in [7, 11) is 3.26. The molecular weight excluding hydrogens is 269 g/mol. The average Bonchev–Trinajstić information content (AvgIpc) is 2.52. The molecule has 1 heterocycles. The Morgan fingerprint density at radius 1 is 1.10 bits per heavy atom. The van der Waals surface area contributed by atoms with Crippen LogP contribution in [0.5, 0.6) is 11.5 Å². The smallest absolute Gasteiger partial charge is 0.161 e. The van der Waals surface area contributed by atoms with Gasteiger partial charge in [0.05, 0.1) is 20.3 Å². The lowest BCUT2D eigenvalue weighted by atomic mass is 9.89. The first-order chi connectivity index (χ1) is 10.2. The van der Waals surface area contributed by atoms with E-state index in [2.05, 4.69) is 5.32 Å². The van der Waals surface area contributed by atoms with E-state index in [1.807, 2.05) is 18.2 Å². The maximum atomic E-state index is 13.5. The van der Waals surface area contributed by atoms with E-state index in [0.717, 1.165) is 29.8 Å². The first-order valence-corrected chi connectivity index (χ1v) is 6.96. The van der Waals surface area contributed by atoms with Crippen LogP contribution in [0.2, 0.25) is 0 Å². The van der Waals surface area contributed by atoms with Gasteiger partial charge in [-0.15, -0.1) is 0 Å². The van der Waals surface area contributed by atoms with E-state index in [-0.39, 0.29) is 11.9 Å². The molecule has 0 fully saturated rings. The number of halogens is 1. The van der Waals surface area contributed by atoms with E-state index in [4.69, 9.17) is 9.47 Å². The molecule has 1 atom stereocenters. The predicted molar refractivity (Wildman–Crippen MR) is 79.5 cm³/mol. The average molecular weight is 287 g/mol. The Hall–Kier alpha value is -2.07. The van der Waals surface area contributed by atoms with Gasteiger partial charge in [0.15, 0.2) is 11.5 Å². The normalized spacial score (nSPS) is 17.2. The SMILES string of the molecule is COc1cc2c(cc1OC)C(c1cccc(F)c1)NCC2. The molecule has 0 bridgehead atoms. The Kier molecular flexibility index (Phi) is 3.80. The number of hydrogen-bond acceptors (Lipinski definition) is 3. The second-order valence-electron chi connectivity index (χ2n) is 5.10. The number of fused-ring (bicyclic) bond motifs is 1. The molecule has 0 saturated carbocycles. The summed E-state index contributed by atoms with van der Waals surface area (Å²) in [4.78, 5) is 0. The molecular formula is C17H18FNO2. The first kappa shape index (κ1) is 13.9. The van der Waals surface area contributed by atoms with Gasteiger partial charge >= 0.3 is 0 Å². The molecule has 110 valence electrons. The third-order valence-electron chi connectivity index (χ3n) is 3.88. The standard InChI is InChI=1S/C17H18FNO2/c1-20-15-9-11-6-7-19-17(14(11)10-16(15)21-2)12-4-3-5-13(18)8-12/h3-5,8-10,17,19H,6-7H2,1-2H3. The summed E-state index contributed by atoms with van der Waals surface area (Å²) in [6, 6.07) is 10.7. The maximum absolute atomic E-state index is 13.5. The maximum Gasteiger partial charge on any atom is 0.161 e. The Morgan fingerprint density at radius 3 is 2.57 bits per heavy atom. The largest absolute Gasteiger partial charge is 0.493 e. The minimum Gasteiger partial charge on any atom is -0.493 e. The van der Waals surface area contributed by atoms with Crippen LogP contribution in [0.4, 0.5) is 4.39 Å². The lowest BCUT2D eigenvalue weighted by Gasteiger charge is -2.28. The number of hydrogen-bond donors (Lipinski definition) is 1. The molecule has 1 unspecified atom stereocenters. The molecule has 0 aliphatic carbocycles. The number of ether oxygens (including phenoxy) is 2. The molecule has 1 aliphatic rings. The molecule has 2 aromatic carbocycles. The number of methoxy groups -OCH3 is 2. The molecule has 0 aromatic heterocycles. The Bertz CT molecular complexity index is 657. The van der Waals surface area contributed by atoms with E-state index in [1.165, 1.54) is 11.6 Å². The monoisotopic (exact) mass is 287 g/mol. The third-order valence-corrected chi connectivity index (χ3v) is 3.88. The highest BCUT2D eigenvalue weighted by molar-refractivity contribution is 5.51. The van der Waals surface area contributed by atoms with Crippen LogP contribution in [0, 0.1) is 5.82 Å². The topological polar surface area (TPSA) is 30.5 Å². The summed E-state index contributed by atoms with van der Waals surface area (Å²) < 4.78 is 24.2. The van der Waals surface area contributed by atoms with E-state index in [1.54, 1.807) is 26.4 Å². The van der Waals surface area contributed by atoms with Crippen molar-refractivity contribution in [1.29, 1.82) is 0 Å². The summed E-state index contributed by atoms with van der Waals surface area (Å²) in [6.07, 6.45) is 0.918. The molecule has 0 amide bonds. The molecule has 0 spiro atoms. The second-order valence-corrected chi connectivity index (χ2v) is 5.10. The van der Waals surface area contributed by atoms with Crippen LogP contribution < -0.4 is 14.8 Å². The van der Waals surface area contributed by atoms with Crippen LogP contribution in [-0.2, 0) is 6.42 Å². The summed E-state index contributed by atoms with van der Waals surface area (Å²) in [6.45, 7) is 0.851. The first-order valence-electron chi connectivity index (χ1n) is 6.96. The van der Waals surface area contributed by atoms with Crippen molar-refractivity contribution < 1.29 is 13.9 Å². The highest BCUT2D eigenvalue weighted by Crippen LogP contribution is 2.37. The number of benzene rings is 2. The van der Waals surface area contributed by atoms with Gasteiger partial charge in [0, 0.05) is 6.54 Å². The third kappa shape index (κ3) is 2.59. The van der Waals surface area contributed by atoms with Gasteiger partial charge in [0.1, 0.15) is 5.82 Å². The molecule has 21 heavy (non-hydrogen) atoms. The summed E-state index contributed by atoms with van der Waals surface area (Å²) in [5.41, 5.74) is 3.24. The van der Waals surface area contributed by atoms with Gasteiger partial charge in [-0.1, -0.05) is 12.1 Å². The van der Waals surface area contributed by atoms with Crippen molar-refractivity contribution in [3.05, 3.63) is 58.9 Å². The fraction of sp³-hybridized carbons (Fsp3) is 0.294. The summed E-state index contributed by atoms with van der Waals surface area (Å²) >= 11 is 0. The van der Waals surface area contributed by atoms with Crippen molar-refractivity contribution in [1.82, 2.24) is 5.32 Å². The van der Waals surface area contributed by atoms with Gasteiger partial charge in [-0.25, -0.2) is 4.39 Å².